The first-order chi connectivity index (χ1) is 9.47. The lowest BCUT2D eigenvalue weighted by Gasteiger charge is -2.12. The lowest BCUT2D eigenvalue weighted by atomic mass is 10.1. The topological polar surface area (TPSA) is 57.6 Å². The second-order valence-electron chi connectivity index (χ2n) is 4.95. The van der Waals surface area contributed by atoms with E-state index in [2.05, 4.69) is 0 Å². The van der Waals surface area contributed by atoms with Crippen molar-refractivity contribution in [2.24, 2.45) is 5.92 Å². The Morgan fingerprint density at radius 3 is 2.71 bits per heavy atom. The van der Waals surface area contributed by atoms with Gasteiger partial charge in [0, 0.05) is 24.2 Å². The Bertz CT molecular complexity index is 572. The highest BCUT2D eigenvalue weighted by atomic mass is 35.5. The molecule has 1 fully saturated rings. The van der Waals surface area contributed by atoms with Gasteiger partial charge >= 0.3 is 5.97 Å². The van der Waals surface area contributed by atoms with Crippen molar-refractivity contribution < 1.29 is 14.7 Å². The zero-order chi connectivity index (χ0) is 14.7. The zero-order valence-corrected chi connectivity index (χ0v) is 13.2. The van der Waals surface area contributed by atoms with Gasteiger partial charge in [0.05, 0.1) is 5.92 Å². The number of carboxylic acid groups (broad SMARTS) is 1. The van der Waals surface area contributed by atoms with Gasteiger partial charge in [-0.05, 0) is 36.6 Å². The predicted octanol–water partition coefficient (Wildman–Crippen LogP) is 3.02. The summed E-state index contributed by atoms with van der Waals surface area (Å²) in [6.45, 7) is 2.69. The monoisotopic (exact) mass is 329 g/mol. The van der Waals surface area contributed by atoms with Crippen LogP contribution in [0.1, 0.15) is 17.5 Å². The number of likely N-dealkylation sites (tertiary alicyclic amines) is 1. The highest BCUT2D eigenvalue weighted by Crippen LogP contribution is 2.19. The quantitative estimate of drug-likeness (QED) is 0.867. The number of amides is 1. The fourth-order valence-corrected chi connectivity index (χ4v) is 2.34. The van der Waals surface area contributed by atoms with Gasteiger partial charge in [-0.2, -0.15) is 0 Å². The zero-order valence-electron chi connectivity index (χ0n) is 11.6. The average molecular weight is 330 g/mol. The second kappa shape index (κ2) is 7.48. The van der Waals surface area contributed by atoms with Crippen LogP contribution in [0.4, 0.5) is 0 Å². The Labute approximate surface area is 134 Å². The highest BCUT2D eigenvalue weighted by molar-refractivity contribution is 6.31. The number of carbonyl (C=O) groups excluding carboxylic acids is 1. The summed E-state index contributed by atoms with van der Waals surface area (Å²) in [7, 11) is 0. The molecule has 1 atom stereocenters. The molecule has 2 rings (SSSR count). The fraction of sp³-hybridized carbons (Fsp3) is 0.333. The van der Waals surface area contributed by atoms with Gasteiger partial charge in [0.2, 0.25) is 5.91 Å². The molecular weight excluding hydrogens is 313 g/mol. The Balaban J connectivity index is 0.00000220. The number of aliphatic carboxylic acids is 1. The van der Waals surface area contributed by atoms with Crippen LogP contribution in [0.15, 0.2) is 24.3 Å². The van der Waals surface area contributed by atoms with E-state index in [1.54, 1.807) is 17.0 Å². The van der Waals surface area contributed by atoms with Gasteiger partial charge < -0.3 is 10.0 Å². The molecule has 1 aliphatic rings. The van der Waals surface area contributed by atoms with Crippen molar-refractivity contribution >= 4 is 42.0 Å². The molecule has 1 amide bonds. The molecule has 1 heterocycles. The van der Waals surface area contributed by atoms with E-state index in [0.717, 1.165) is 11.1 Å². The third-order valence-electron chi connectivity index (χ3n) is 3.46. The molecule has 1 aromatic carbocycles. The van der Waals surface area contributed by atoms with Crippen LogP contribution >= 0.6 is 24.0 Å². The fourth-order valence-electron chi connectivity index (χ4n) is 2.15. The van der Waals surface area contributed by atoms with Gasteiger partial charge in [-0.1, -0.05) is 23.7 Å². The van der Waals surface area contributed by atoms with E-state index in [-0.39, 0.29) is 24.9 Å². The molecule has 0 spiro atoms. The lowest BCUT2D eigenvalue weighted by molar-refractivity contribution is -0.141. The molecule has 0 saturated carbocycles. The Morgan fingerprint density at radius 1 is 1.43 bits per heavy atom. The molecule has 1 N–H and O–H groups in total. The number of hydrogen-bond donors (Lipinski definition) is 1. The van der Waals surface area contributed by atoms with E-state index >= 15 is 0 Å². The molecule has 21 heavy (non-hydrogen) atoms. The third-order valence-corrected chi connectivity index (χ3v) is 3.87. The Morgan fingerprint density at radius 2 is 2.14 bits per heavy atom. The SMILES string of the molecule is Cc1ccc(/C=C/C(=O)N2CCC(C(=O)O)C2)cc1Cl.Cl. The van der Waals surface area contributed by atoms with Crippen LogP contribution in [0.5, 0.6) is 0 Å². The summed E-state index contributed by atoms with van der Waals surface area (Å²) < 4.78 is 0. The summed E-state index contributed by atoms with van der Waals surface area (Å²) in [5.41, 5.74) is 1.84. The number of rotatable bonds is 3. The molecule has 114 valence electrons. The van der Waals surface area contributed by atoms with Crippen LogP contribution in [0.2, 0.25) is 5.02 Å². The molecule has 0 radical (unpaired) electrons. The summed E-state index contributed by atoms with van der Waals surface area (Å²) >= 11 is 6.02. The van der Waals surface area contributed by atoms with Crippen molar-refractivity contribution in [2.45, 2.75) is 13.3 Å². The van der Waals surface area contributed by atoms with E-state index in [1.165, 1.54) is 6.08 Å². The van der Waals surface area contributed by atoms with Crippen LogP contribution in [-0.4, -0.2) is 35.0 Å². The second-order valence-corrected chi connectivity index (χ2v) is 5.36. The van der Waals surface area contributed by atoms with Gasteiger partial charge in [-0.25, -0.2) is 0 Å². The molecule has 0 aromatic heterocycles. The summed E-state index contributed by atoms with van der Waals surface area (Å²) in [6.07, 6.45) is 3.68. The van der Waals surface area contributed by atoms with Crippen LogP contribution in [0.25, 0.3) is 6.08 Å². The van der Waals surface area contributed by atoms with E-state index < -0.39 is 11.9 Å². The minimum Gasteiger partial charge on any atom is -0.481 e. The van der Waals surface area contributed by atoms with Crippen LogP contribution in [-0.2, 0) is 9.59 Å². The Hall–Kier alpha value is -1.52. The number of halogens is 2. The van der Waals surface area contributed by atoms with Crippen molar-refractivity contribution in [1.82, 2.24) is 4.90 Å². The van der Waals surface area contributed by atoms with Crippen molar-refractivity contribution in [1.29, 1.82) is 0 Å². The van der Waals surface area contributed by atoms with E-state index in [4.69, 9.17) is 16.7 Å². The van der Waals surface area contributed by atoms with Gasteiger partial charge in [0.25, 0.3) is 0 Å². The standard InChI is InChI=1S/C15H16ClNO3.ClH/c1-10-2-3-11(8-13(10)16)4-5-14(18)17-7-6-12(9-17)15(19)20;/h2-5,8,12H,6-7,9H2,1H3,(H,19,20);1H/b5-4+;. The van der Waals surface area contributed by atoms with Gasteiger partial charge in [0.15, 0.2) is 0 Å². The number of carboxylic acids is 1. The first kappa shape index (κ1) is 17.5. The van der Waals surface area contributed by atoms with Crippen molar-refractivity contribution in [3.05, 3.63) is 40.4 Å². The molecule has 1 aromatic rings. The number of nitrogens with zero attached hydrogens (tertiary/aromatic N) is 1. The van der Waals surface area contributed by atoms with Crippen LogP contribution in [0.3, 0.4) is 0 Å². The van der Waals surface area contributed by atoms with Gasteiger partial charge in [-0.3, -0.25) is 9.59 Å². The molecule has 4 nitrogen and oxygen atoms in total. The number of benzene rings is 1. The maximum Gasteiger partial charge on any atom is 0.308 e. The normalized spacial score (nSPS) is 17.8. The smallest absolute Gasteiger partial charge is 0.308 e. The maximum absolute atomic E-state index is 12.0. The number of aryl methyl sites for hydroxylation is 1. The van der Waals surface area contributed by atoms with E-state index in [1.807, 2.05) is 19.1 Å². The lowest BCUT2D eigenvalue weighted by Crippen LogP contribution is -2.28. The van der Waals surface area contributed by atoms with Crippen molar-refractivity contribution in [3.63, 3.8) is 0 Å². The third kappa shape index (κ3) is 4.48. The van der Waals surface area contributed by atoms with E-state index in [9.17, 15) is 9.59 Å². The summed E-state index contributed by atoms with van der Waals surface area (Å²) in [6, 6.07) is 5.57. The summed E-state index contributed by atoms with van der Waals surface area (Å²) in [5.74, 6) is -1.44. The van der Waals surface area contributed by atoms with Crippen molar-refractivity contribution in [3.8, 4) is 0 Å². The predicted molar refractivity (Wildman–Crippen MR) is 84.8 cm³/mol. The van der Waals surface area contributed by atoms with E-state index in [0.29, 0.717) is 18.0 Å². The Kier molecular flexibility index (Phi) is 6.24. The molecule has 1 saturated heterocycles. The average Bonchev–Trinajstić information content (AvgIpc) is 2.89. The highest BCUT2D eigenvalue weighted by Gasteiger charge is 2.29. The van der Waals surface area contributed by atoms with Gasteiger partial charge in [0.1, 0.15) is 0 Å². The maximum atomic E-state index is 12.0. The van der Waals surface area contributed by atoms with Crippen molar-refractivity contribution in [2.75, 3.05) is 13.1 Å². The molecule has 1 aliphatic heterocycles. The number of carbonyl (C=O) groups is 2. The largest absolute Gasteiger partial charge is 0.481 e. The molecule has 1 unspecified atom stereocenters. The number of hydrogen-bond acceptors (Lipinski definition) is 2. The minimum atomic E-state index is -0.838. The molecule has 0 aliphatic carbocycles. The molecular formula is C15H17Cl2NO3. The summed E-state index contributed by atoms with van der Waals surface area (Å²) in [4.78, 5) is 24.4. The van der Waals surface area contributed by atoms with Gasteiger partial charge in [-0.15, -0.1) is 12.4 Å². The first-order valence-corrected chi connectivity index (χ1v) is 6.81. The first-order valence-electron chi connectivity index (χ1n) is 6.43. The molecule has 6 heteroatoms. The molecule has 0 bridgehead atoms. The van der Waals surface area contributed by atoms with Crippen LogP contribution < -0.4 is 0 Å². The summed E-state index contributed by atoms with van der Waals surface area (Å²) in [5, 5.41) is 9.57. The minimum absolute atomic E-state index is 0. The van der Waals surface area contributed by atoms with Crippen LogP contribution in [0, 0.1) is 12.8 Å².